The van der Waals surface area contributed by atoms with Gasteiger partial charge in [-0.2, -0.15) is 5.26 Å². The lowest BCUT2D eigenvalue weighted by molar-refractivity contribution is 0.154. The topological polar surface area (TPSA) is 45.0 Å². The van der Waals surface area contributed by atoms with Gasteiger partial charge in [0.1, 0.15) is 11.3 Å². The van der Waals surface area contributed by atoms with Crippen LogP contribution >= 0.6 is 0 Å². The molecule has 1 heterocycles. The van der Waals surface area contributed by atoms with Gasteiger partial charge in [0, 0.05) is 11.5 Å². The molecule has 0 fully saturated rings. The molecule has 0 saturated heterocycles. The number of fused-ring (bicyclic) bond motifs is 1. The maximum absolute atomic E-state index is 9.55. The zero-order valence-electron chi connectivity index (χ0n) is 9.73. The summed E-state index contributed by atoms with van der Waals surface area (Å²) in [7, 11) is 0. The van der Waals surface area contributed by atoms with Crippen molar-refractivity contribution in [3.63, 3.8) is 0 Å². The number of nitrogens with one attached hydrogen (secondary N) is 1. The predicted molar refractivity (Wildman–Crippen MR) is 65.2 cm³/mol. The van der Waals surface area contributed by atoms with Crippen LogP contribution in [-0.2, 0) is 5.54 Å². The van der Waals surface area contributed by atoms with Gasteiger partial charge in [0.2, 0.25) is 0 Å². The van der Waals surface area contributed by atoms with Crippen molar-refractivity contribution < 1.29 is 4.74 Å². The van der Waals surface area contributed by atoms with E-state index in [0.717, 1.165) is 11.3 Å². The summed E-state index contributed by atoms with van der Waals surface area (Å²) in [5, 5.41) is 12.7. The molecule has 0 spiro atoms. The summed E-state index contributed by atoms with van der Waals surface area (Å²) >= 11 is 0. The van der Waals surface area contributed by atoms with Gasteiger partial charge >= 0.3 is 0 Å². The number of ether oxygens (including phenoxy) is 1. The number of rotatable bonds is 2. The monoisotopic (exact) mass is 226 g/mol. The first-order valence-corrected chi connectivity index (χ1v) is 5.56. The van der Waals surface area contributed by atoms with E-state index in [0.29, 0.717) is 13.2 Å². The van der Waals surface area contributed by atoms with Crippen molar-refractivity contribution in [2.45, 2.75) is 12.5 Å². The van der Waals surface area contributed by atoms with E-state index in [9.17, 15) is 5.26 Å². The average Bonchev–Trinajstić information content (AvgIpc) is 2.38. The van der Waals surface area contributed by atoms with Crippen molar-refractivity contribution in [1.82, 2.24) is 5.32 Å². The number of para-hydroxylation sites is 1. The van der Waals surface area contributed by atoms with E-state index in [4.69, 9.17) is 11.2 Å². The van der Waals surface area contributed by atoms with Gasteiger partial charge in [-0.3, -0.25) is 5.32 Å². The summed E-state index contributed by atoms with van der Waals surface area (Å²) in [5.41, 5.74) is 0.123. The minimum atomic E-state index is -0.749. The summed E-state index contributed by atoms with van der Waals surface area (Å²) in [6.45, 7) is 2.87. The zero-order chi connectivity index (χ0) is 12.3. The molecule has 17 heavy (non-hydrogen) atoms. The highest BCUT2D eigenvalue weighted by molar-refractivity contribution is 5.45. The number of nitrogens with zero attached hydrogens (tertiary/aromatic N) is 1. The van der Waals surface area contributed by atoms with Crippen LogP contribution in [0.25, 0.3) is 0 Å². The molecule has 86 valence electrons. The van der Waals surface area contributed by atoms with Crippen molar-refractivity contribution in [3.05, 3.63) is 29.8 Å². The minimum Gasteiger partial charge on any atom is -0.493 e. The molecule has 0 amide bonds. The lowest BCUT2D eigenvalue weighted by Gasteiger charge is -2.38. The first-order valence-electron chi connectivity index (χ1n) is 5.56. The predicted octanol–water partition coefficient (Wildman–Crippen LogP) is 1.66. The Labute approximate surface area is 101 Å². The third kappa shape index (κ3) is 1.75. The Kier molecular flexibility index (Phi) is 3.04. The molecule has 0 saturated carbocycles. The number of hydrogen-bond donors (Lipinski definition) is 1. The van der Waals surface area contributed by atoms with Gasteiger partial charge in [-0.25, -0.2) is 0 Å². The molecule has 3 heteroatoms. The SMILES string of the molecule is C#CCNC1(C#N)c2ccccc2OCC1C. The third-order valence-electron chi connectivity index (χ3n) is 3.19. The maximum atomic E-state index is 9.55. The van der Waals surface area contributed by atoms with Gasteiger partial charge in [0.05, 0.1) is 19.2 Å². The molecule has 1 aliphatic heterocycles. The highest BCUT2D eigenvalue weighted by Crippen LogP contribution is 2.39. The Morgan fingerprint density at radius 3 is 3.06 bits per heavy atom. The van der Waals surface area contributed by atoms with Crippen LogP contribution in [0.5, 0.6) is 5.75 Å². The second-order valence-electron chi connectivity index (χ2n) is 4.19. The van der Waals surface area contributed by atoms with Crippen LogP contribution in [0.15, 0.2) is 24.3 Å². The molecule has 0 aromatic heterocycles. The molecule has 0 radical (unpaired) electrons. The number of hydrogen-bond acceptors (Lipinski definition) is 3. The van der Waals surface area contributed by atoms with Crippen LogP contribution in [0.4, 0.5) is 0 Å². The first kappa shape index (κ1) is 11.5. The second-order valence-corrected chi connectivity index (χ2v) is 4.19. The molecular weight excluding hydrogens is 212 g/mol. The fraction of sp³-hybridized carbons (Fsp3) is 0.357. The van der Waals surface area contributed by atoms with E-state index in [1.807, 2.05) is 31.2 Å². The van der Waals surface area contributed by atoms with E-state index < -0.39 is 5.54 Å². The fourth-order valence-electron chi connectivity index (χ4n) is 2.19. The van der Waals surface area contributed by atoms with Crippen molar-refractivity contribution in [1.29, 1.82) is 5.26 Å². The summed E-state index contributed by atoms with van der Waals surface area (Å²) < 4.78 is 5.63. The van der Waals surface area contributed by atoms with Crippen LogP contribution in [-0.4, -0.2) is 13.2 Å². The molecule has 1 aliphatic rings. The largest absolute Gasteiger partial charge is 0.493 e. The summed E-state index contributed by atoms with van der Waals surface area (Å²) in [4.78, 5) is 0. The Hall–Kier alpha value is -1.97. The van der Waals surface area contributed by atoms with Crippen LogP contribution in [0.1, 0.15) is 12.5 Å². The number of nitriles is 1. The van der Waals surface area contributed by atoms with Crippen LogP contribution in [0.2, 0.25) is 0 Å². The lowest BCUT2D eigenvalue weighted by atomic mass is 9.78. The fourth-order valence-corrected chi connectivity index (χ4v) is 2.19. The van der Waals surface area contributed by atoms with Crippen molar-refractivity contribution >= 4 is 0 Å². The first-order chi connectivity index (χ1) is 8.24. The molecule has 1 N–H and O–H groups in total. The molecule has 0 aliphatic carbocycles. The zero-order valence-corrected chi connectivity index (χ0v) is 9.73. The van der Waals surface area contributed by atoms with E-state index in [1.165, 1.54) is 0 Å². The molecule has 1 aromatic carbocycles. The Morgan fingerprint density at radius 1 is 1.59 bits per heavy atom. The third-order valence-corrected chi connectivity index (χ3v) is 3.19. The van der Waals surface area contributed by atoms with Crippen molar-refractivity contribution in [3.8, 4) is 24.2 Å². The van der Waals surface area contributed by atoms with E-state index in [-0.39, 0.29) is 5.92 Å². The highest BCUT2D eigenvalue weighted by Gasteiger charge is 2.43. The van der Waals surface area contributed by atoms with Gasteiger partial charge in [0.25, 0.3) is 0 Å². The smallest absolute Gasteiger partial charge is 0.142 e. The standard InChI is InChI=1S/C14H14N2O/c1-3-8-16-14(10-15)11(2)9-17-13-7-5-4-6-12(13)14/h1,4-7,11,16H,8-9H2,2H3. The van der Waals surface area contributed by atoms with Gasteiger partial charge < -0.3 is 4.74 Å². The second kappa shape index (κ2) is 4.49. The Balaban J connectivity index is 2.50. The quantitative estimate of drug-likeness (QED) is 0.780. The molecule has 2 unspecified atom stereocenters. The molecule has 1 aromatic rings. The van der Waals surface area contributed by atoms with Gasteiger partial charge in [-0.05, 0) is 6.07 Å². The average molecular weight is 226 g/mol. The highest BCUT2D eigenvalue weighted by atomic mass is 16.5. The molecular formula is C14H14N2O. The van der Waals surface area contributed by atoms with E-state index in [2.05, 4.69) is 17.3 Å². The Bertz CT molecular complexity index is 498. The van der Waals surface area contributed by atoms with Gasteiger partial charge in [-0.15, -0.1) is 6.42 Å². The summed E-state index contributed by atoms with van der Waals surface area (Å²) in [6, 6.07) is 9.97. The van der Waals surface area contributed by atoms with Crippen LogP contribution in [0, 0.1) is 29.6 Å². The molecule has 2 atom stereocenters. The van der Waals surface area contributed by atoms with E-state index >= 15 is 0 Å². The van der Waals surface area contributed by atoms with Crippen LogP contribution in [0.3, 0.4) is 0 Å². The van der Waals surface area contributed by atoms with Crippen molar-refractivity contribution in [2.75, 3.05) is 13.2 Å². The van der Waals surface area contributed by atoms with Crippen molar-refractivity contribution in [2.24, 2.45) is 5.92 Å². The maximum Gasteiger partial charge on any atom is 0.142 e. The van der Waals surface area contributed by atoms with E-state index in [1.54, 1.807) is 0 Å². The van der Waals surface area contributed by atoms with Gasteiger partial charge in [0.15, 0.2) is 0 Å². The minimum absolute atomic E-state index is 0.0516. The number of benzene rings is 1. The summed E-state index contributed by atoms with van der Waals surface area (Å²) in [5.74, 6) is 3.33. The molecule has 0 bridgehead atoms. The molecule has 2 rings (SSSR count). The normalized spacial score (nSPS) is 26.2. The Morgan fingerprint density at radius 2 is 2.35 bits per heavy atom. The number of terminal acetylenes is 1. The summed E-state index contributed by atoms with van der Waals surface area (Å²) in [6.07, 6.45) is 5.27. The van der Waals surface area contributed by atoms with Crippen LogP contribution < -0.4 is 10.1 Å². The molecule has 3 nitrogen and oxygen atoms in total. The van der Waals surface area contributed by atoms with Gasteiger partial charge in [-0.1, -0.05) is 31.0 Å². The lowest BCUT2D eigenvalue weighted by Crippen LogP contribution is -2.51.